The van der Waals surface area contributed by atoms with Crippen LogP contribution in [0.1, 0.15) is 0 Å². The number of halogens is 1. The second-order valence-corrected chi connectivity index (χ2v) is 8.66. The van der Waals surface area contributed by atoms with Crippen LogP contribution in [0.3, 0.4) is 0 Å². The first-order valence-electron chi connectivity index (χ1n) is 7.92. The summed E-state index contributed by atoms with van der Waals surface area (Å²) in [6.07, 6.45) is 2.53. The van der Waals surface area contributed by atoms with Gasteiger partial charge < -0.3 is 5.73 Å². The van der Waals surface area contributed by atoms with Crippen molar-refractivity contribution in [2.45, 2.75) is 4.21 Å². The Kier molecular flexibility index (Phi) is 4.36. The third kappa shape index (κ3) is 3.12. The Morgan fingerprint density at radius 3 is 2.57 bits per heavy atom. The SMILES string of the molecule is NC(=O)n1n[c]c2ccc(-c3ccc(NS(=O)(=O)c4cccs4)cc3)c(F)c21. The highest BCUT2D eigenvalue weighted by molar-refractivity contribution is 7.94. The predicted octanol–water partition coefficient (Wildman–Crippen LogP) is 3.43. The van der Waals surface area contributed by atoms with Crippen LogP contribution in [-0.4, -0.2) is 24.2 Å². The Labute approximate surface area is 163 Å². The summed E-state index contributed by atoms with van der Waals surface area (Å²) in [5.41, 5.74) is 6.21. The second kappa shape index (κ2) is 6.73. The monoisotopic (exact) mass is 415 g/mol. The Morgan fingerprint density at radius 2 is 1.93 bits per heavy atom. The van der Waals surface area contributed by atoms with Crippen LogP contribution in [0.5, 0.6) is 0 Å². The van der Waals surface area contributed by atoms with E-state index in [1.54, 1.807) is 29.6 Å². The lowest BCUT2D eigenvalue weighted by molar-refractivity contribution is 0.248. The van der Waals surface area contributed by atoms with Crippen molar-refractivity contribution in [1.82, 2.24) is 9.78 Å². The van der Waals surface area contributed by atoms with Gasteiger partial charge in [0.05, 0.1) is 0 Å². The van der Waals surface area contributed by atoms with Crippen LogP contribution < -0.4 is 10.5 Å². The Balaban J connectivity index is 1.69. The number of hydrogen-bond acceptors (Lipinski definition) is 5. The third-order valence-corrected chi connectivity index (χ3v) is 6.79. The molecule has 2 aromatic heterocycles. The summed E-state index contributed by atoms with van der Waals surface area (Å²) in [7, 11) is -3.66. The molecule has 2 heterocycles. The number of sulfonamides is 1. The molecule has 0 saturated heterocycles. The summed E-state index contributed by atoms with van der Waals surface area (Å²) in [4.78, 5) is 11.4. The van der Waals surface area contributed by atoms with Gasteiger partial charge in [-0.1, -0.05) is 24.3 Å². The van der Waals surface area contributed by atoms with E-state index in [2.05, 4.69) is 16.0 Å². The lowest BCUT2D eigenvalue weighted by Crippen LogP contribution is -2.21. The number of anilines is 1. The number of primary amides is 1. The van der Waals surface area contributed by atoms with Crippen molar-refractivity contribution >= 4 is 44.0 Å². The minimum atomic E-state index is -3.66. The minimum Gasteiger partial charge on any atom is -0.350 e. The van der Waals surface area contributed by atoms with E-state index in [1.807, 2.05) is 0 Å². The summed E-state index contributed by atoms with van der Waals surface area (Å²) in [5, 5.41) is 5.66. The molecule has 0 unspecified atom stereocenters. The fraction of sp³-hybridized carbons (Fsp3) is 0. The van der Waals surface area contributed by atoms with Crippen molar-refractivity contribution in [2.24, 2.45) is 5.73 Å². The lowest BCUT2D eigenvalue weighted by atomic mass is 10.0. The number of rotatable bonds is 4. The maximum atomic E-state index is 15.0. The van der Waals surface area contributed by atoms with E-state index in [0.717, 1.165) is 16.0 Å². The molecule has 2 aromatic carbocycles. The van der Waals surface area contributed by atoms with Gasteiger partial charge in [0.2, 0.25) is 0 Å². The smallest absolute Gasteiger partial charge is 0.340 e. The van der Waals surface area contributed by atoms with Gasteiger partial charge >= 0.3 is 6.03 Å². The maximum Gasteiger partial charge on any atom is 0.340 e. The first-order chi connectivity index (χ1) is 13.4. The van der Waals surface area contributed by atoms with Gasteiger partial charge in [-0.05, 0) is 35.2 Å². The van der Waals surface area contributed by atoms with Gasteiger partial charge in [-0.25, -0.2) is 17.6 Å². The standard InChI is InChI=1S/C18H12FN4O3S2/c19-16-14(8-5-12-10-21-23(17(12)16)18(20)24)11-3-6-13(7-4-11)22-28(25,26)15-2-1-9-27-15/h1-9,22H,(H2,20,24). The molecule has 4 aromatic rings. The van der Waals surface area contributed by atoms with Gasteiger partial charge in [0.15, 0.2) is 5.82 Å². The Morgan fingerprint density at radius 1 is 1.18 bits per heavy atom. The van der Waals surface area contributed by atoms with Crippen molar-refractivity contribution in [2.75, 3.05) is 4.72 Å². The number of carbonyl (C=O) groups excluding carboxylic acids is 1. The highest BCUT2D eigenvalue weighted by atomic mass is 32.2. The molecule has 0 fully saturated rings. The highest BCUT2D eigenvalue weighted by Gasteiger charge is 2.18. The number of carbonyl (C=O) groups is 1. The van der Waals surface area contributed by atoms with Crippen molar-refractivity contribution in [3.63, 3.8) is 0 Å². The van der Waals surface area contributed by atoms with E-state index in [1.165, 1.54) is 24.3 Å². The largest absolute Gasteiger partial charge is 0.350 e. The summed E-state index contributed by atoms with van der Waals surface area (Å²) in [6, 6.07) is 11.6. The van der Waals surface area contributed by atoms with Gasteiger partial charge in [0.25, 0.3) is 10.0 Å². The number of amides is 1. The summed E-state index contributed by atoms with van der Waals surface area (Å²) >= 11 is 1.11. The zero-order chi connectivity index (χ0) is 19.9. The highest BCUT2D eigenvalue weighted by Crippen LogP contribution is 2.30. The van der Waals surface area contributed by atoms with Gasteiger partial charge in [0.1, 0.15) is 15.9 Å². The molecule has 1 amide bonds. The van der Waals surface area contributed by atoms with Crippen LogP contribution >= 0.6 is 11.3 Å². The van der Waals surface area contributed by atoms with Crippen LogP contribution in [0.2, 0.25) is 0 Å². The topological polar surface area (TPSA) is 107 Å². The normalized spacial score (nSPS) is 11.6. The molecule has 0 aliphatic heterocycles. The van der Waals surface area contributed by atoms with Gasteiger partial charge in [0, 0.05) is 16.6 Å². The van der Waals surface area contributed by atoms with Crippen molar-refractivity contribution in [1.29, 1.82) is 0 Å². The molecule has 7 nitrogen and oxygen atoms in total. The number of benzene rings is 2. The van der Waals surface area contributed by atoms with E-state index >= 15 is 0 Å². The summed E-state index contributed by atoms with van der Waals surface area (Å²) in [5.74, 6) is -0.669. The zero-order valence-corrected chi connectivity index (χ0v) is 15.7. The summed E-state index contributed by atoms with van der Waals surface area (Å²) in [6.45, 7) is 0. The zero-order valence-electron chi connectivity index (χ0n) is 14.1. The fourth-order valence-corrected chi connectivity index (χ4v) is 4.79. The molecule has 0 spiro atoms. The van der Waals surface area contributed by atoms with Crippen molar-refractivity contribution in [3.8, 4) is 11.1 Å². The predicted molar refractivity (Wildman–Crippen MR) is 104 cm³/mol. The van der Waals surface area contributed by atoms with E-state index in [0.29, 0.717) is 16.6 Å². The molecule has 10 heteroatoms. The Bertz CT molecular complexity index is 1280. The number of aromatic nitrogens is 2. The molecule has 0 bridgehead atoms. The van der Waals surface area contributed by atoms with Crippen molar-refractivity contribution < 1.29 is 17.6 Å². The van der Waals surface area contributed by atoms with Crippen LogP contribution in [0.15, 0.2) is 58.1 Å². The number of nitrogens with one attached hydrogen (secondary N) is 1. The fourth-order valence-electron chi connectivity index (χ4n) is 2.74. The number of hydrogen-bond donors (Lipinski definition) is 2. The molecular weight excluding hydrogens is 403 g/mol. The number of nitrogens with zero attached hydrogens (tertiary/aromatic N) is 2. The van der Waals surface area contributed by atoms with E-state index in [4.69, 9.17) is 5.73 Å². The van der Waals surface area contributed by atoms with Gasteiger partial charge in [-0.3, -0.25) is 4.72 Å². The molecule has 3 N–H and O–H groups in total. The molecule has 0 atom stereocenters. The second-order valence-electron chi connectivity index (χ2n) is 5.80. The van der Waals surface area contributed by atoms with E-state index in [-0.39, 0.29) is 15.3 Å². The molecule has 141 valence electrons. The summed E-state index contributed by atoms with van der Waals surface area (Å²) < 4.78 is 42.9. The van der Waals surface area contributed by atoms with E-state index in [9.17, 15) is 17.6 Å². The van der Waals surface area contributed by atoms with Crippen LogP contribution in [0.4, 0.5) is 14.9 Å². The minimum absolute atomic E-state index is 0.0625. The average Bonchev–Trinajstić information content (AvgIpc) is 3.33. The maximum absolute atomic E-state index is 15.0. The van der Waals surface area contributed by atoms with Crippen LogP contribution in [0.25, 0.3) is 22.0 Å². The van der Waals surface area contributed by atoms with Crippen LogP contribution in [0, 0.1) is 12.0 Å². The third-order valence-electron chi connectivity index (χ3n) is 4.02. The van der Waals surface area contributed by atoms with Crippen molar-refractivity contribution in [3.05, 3.63) is 65.9 Å². The quantitative estimate of drug-likeness (QED) is 0.532. The van der Waals surface area contributed by atoms with Gasteiger partial charge in [-0.2, -0.15) is 9.78 Å². The lowest BCUT2D eigenvalue weighted by Gasteiger charge is -2.09. The molecule has 0 saturated carbocycles. The molecule has 28 heavy (non-hydrogen) atoms. The molecule has 4 rings (SSSR count). The molecule has 0 aliphatic rings. The van der Waals surface area contributed by atoms with Gasteiger partial charge in [-0.15, -0.1) is 11.3 Å². The van der Waals surface area contributed by atoms with E-state index < -0.39 is 21.9 Å². The number of fused-ring (bicyclic) bond motifs is 1. The Hall–Kier alpha value is -3.24. The first-order valence-corrected chi connectivity index (χ1v) is 10.3. The molecule has 0 aliphatic carbocycles. The number of nitrogens with two attached hydrogens (primary N) is 1. The van der Waals surface area contributed by atoms with Crippen LogP contribution in [-0.2, 0) is 10.0 Å². The molecule has 1 radical (unpaired) electrons. The average molecular weight is 415 g/mol. The first kappa shape index (κ1) is 18.1. The molecular formula is C18H12FN4O3S2. The number of thiophene rings is 1.